The third-order valence-electron chi connectivity index (χ3n) is 3.36. The molecule has 1 aromatic carbocycles. The average Bonchev–Trinajstić information content (AvgIpc) is 3.08. The van der Waals surface area contributed by atoms with Crippen molar-refractivity contribution < 1.29 is 18.0 Å². The summed E-state index contributed by atoms with van der Waals surface area (Å²) in [6, 6.07) is 5.06. The molecule has 126 valence electrons. The van der Waals surface area contributed by atoms with Gasteiger partial charge in [0.1, 0.15) is 0 Å². The summed E-state index contributed by atoms with van der Waals surface area (Å²) in [6.07, 6.45) is -3.68. The number of hydrogen-bond donors (Lipinski definition) is 2. The molecule has 2 N–H and O–H groups in total. The van der Waals surface area contributed by atoms with E-state index in [0.717, 1.165) is 10.9 Å². The molecule has 2 heterocycles. The number of nitrogens with zero attached hydrogens (tertiary/aromatic N) is 3. The number of alkyl halides is 3. The van der Waals surface area contributed by atoms with E-state index >= 15 is 0 Å². The largest absolute Gasteiger partial charge is 0.435 e. The van der Waals surface area contributed by atoms with Crippen LogP contribution in [0.2, 0.25) is 5.02 Å². The second-order valence-corrected chi connectivity index (χ2v) is 5.54. The van der Waals surface area contributed by atoms with Gasteiger partial charge in [0.2, 0.25) is 0 Å². The predicted octanol–water partition coefficient (Wildman–Crippen LogP) is 2.90. The van der Waals surface area contributed by atoms with Crippen molar-refractivity contribution in [2.24, 2.45) is 7.05 Å². The number of aromatic nitrogens is 4. The summed E-state index contributed by atoms with van der Waals surface area (Å²) in [5.74, 6) is -0.881. The molecule has 0 spiro atoms. The minimum Gasteiger partial charge on any atom is -0.346 e. The molecule has 3 rings (SSSR count). The van der Waals surface area contributed by atoms with Gasteiger partial charge in [-0.15, -0.1) is 0 Å². The number of aromatic amines is 1. The van der Waals surface area contributed by atoms with Crippen LogP contribution in [0, 0.1) is 0 Å². The Morgan fingerprint density at radius 3 is 2.88 bits per heavy atom. The first kappa shape index (κ1) is 16.3. The van der Waals surface area contributed by atoms with E-state index in [1.165, 1.54) is 7.05 Å². The fourth-order valence-corrected chi connectivity index (χ4v) is 2.47. The molecule has 0 saturated carbocycles. The van der Waals surface area contributed by atoms with Crippen LogP contribution < -0.4 is 5.32 Å². The molecule has 0 fully saturated rings. The summed E-state index contributed by atoms with van der Waals surface area (Å²) in [7, 11) is 1.31. The molecule has 6 nitrogen and oxygen atoms in total. The van der Waals surface area contributed by atoms with Crippen molar-refractivity contribution in [1.29, 1.82) is 0 Å². The Labute approximate surface area is 138 Å². The van der Waals surface area contributed by atoms with E-state index in [1.807, 2.05) is 0 Å². The maximum atomic E-state index is 12.9. The van der Waals surface area contributed by atoms with Crippen molar-refractivity contribution in [2.75, 3.05) is 0 Å². The molecule has 0 bridgehead atoms. The number of carbonyl (C=O) groups excluding carboxylic acids is 1. The second kappa shape index (κ2) is 5.82. The fourth-order valence-electron chi connectivity index (χ4n) is 2.30. The molecule has 0 aliphatic carbocycles. The maximum absolute atomic E-state index is 12.9. The lowest BCUT2D eigenvalue weighted by Crippen LogP contribution is -2.25. The number of nitrogens with one attached hydrogen (secondary N) is 2. The number of aryl methyl sites for hydroxylation is 1. The van der Waals surface area contributed by atoms with E-state index in [9.17, 15) is 18.0 Å². The fraction of sp³-hybridized carbons (Fsp3) is 0.214. The Balaban J connectivity index is 1.82. The van der Waals surface area contributed by atoms with Gasteiger partial charge >= 0.3 is 6.18 Å². The molecule has 10 heteroatoms. The van der Waals surface area contributed by atoms with Gasteiger partial charge in [-0.3, -0.25) is 14.6 Å². The highest BCUT2D eigenvalue weighted by Gasteiger charge is 2.38. The predicted molar refractivity (Wildman–Crippen MR) is 80.5 cm³/mol. The lowest BCUT2D eigenvalue weighted by Gasteiger charge is -2.06. The number of fused-ring (bicyclic) bond motifs is 1. The first-order chi connectivity index (χ1) is 11.3. The standard InChI is InChI=1S/C14H11ClF3N5O/c1-23-6-9(12(22-23)14(16,17)18)13(24)19-5-11-8-4-7(15)2-3-10(8)20-21-11/h2-4,6H,5H2,1H3,(H,19,24)(H,20,21). The molecule has 0 atom stereocenters. The van der Waals surface area contributed by atoms with Crippen molar-refractivity contribution in [2.45, 2.75) is 12.7 Å². The minimum absolute atomic E-state index is 0.0502. The summed E-state index contributed by atoms with van der Waals surface area (Å²) in [5.41, 5.74) is -0.584. The SMILES string of the molecule is Cn1cc(C(=O)NCc2n[nH]c3ccc(Cl)cc23)c(C(F)(F)F)n1. The van der Waals surface area contributed by atoms with E-state index in [0.29, 0.717) is 21.6 Å². The number of benzene rings is 1. The first-order valence-electron chi connectivity index (χ1n) is 6.77. The summed E-state index contributed by atoms with van der Waals surface area (Å²) >= 11 is 5.91. The van der Waals surface area contributed by atoms with E-state index < -0.39 is 23.3 Å². The van der Waals surface area contributed by atoms with Gasteiger partial charge < -0.3 is 5.32 Å². The quantitative estimate of drug-likeness (QED) is 0.756. The van der Waals surface area contributed by atoms with Crippen molar-refractivity contribution in [1.82, 2.24) is 25.3 Å². The van der Waals surface area contributed by atoms with Crippen LogP contribution in [-0.4, -0.2) is 25.9 Å². The Hall–Kier alpha value is -2.55. The van der Waals surface area contributed by atoms with Crippen LogP contribution in [0.4, 0.5) is 13.2 Å². The number of halogens is 4. The topological polar surface area (TPSA) is 75.6 Å². The van der Waals surface area contributed by atoms with Crippen molar-refractivity contribution in [3.63, 3.8) is 0 Å². The number of amides is 1. The molecule has 0 unspecified atom stereocenters. The first-order valence-corrected chi connectivity index (χ1v) is 7.15. The molecule has 0 saturated heterocycles. The van der Waals surface area contributed by atoms with Gasteiger partial charge in [0.25, 0.3) is 5.91 Å². The maximum Gasteiger partial charge on any atom is 0.435 e. The van der Waals surface area contributed by atoms with E-state index in [-0.39, 0.29) is 6.54 Å². The molecular weight excluding hydrogens is 347 g/mol. The number of rotatable bonds is 3. The van der Waals surface area contributed by atoms with Crippen LogP contribution in [0.25, 0.3) is 10.9 Å². The lowest BCUT2D eigenvalue weighted by atomic mass is 10.2. The van der Waals surface area contributed by atoms with Crippen LogP contribution in [0.1, 0.15) is 21.7 Å². The summed E-state index contributed by atoms with van der Waals surface area (Å²) in [4.78, 5) is 12.1. The van der Waals surface area contributed by atoms with E-state index in [2.05, 4.69) is 20.6 Å². The number of carbonyl (C=O) groups is 1. The molecule has 1 amide bonds. The van der Waals surface area contributed by atoms with Crippen molar-refractivity contribution in [3.8, 4) is 0 Å². The van der Waals surface area contributed by atoms with Gasteiger partial charge in [0.15, 0.2) is 5.69 Å². The Kier molecular flexibility index (Phi) is 3.96. The zero-order valence-corrected chi connectivity index (χ0v) is 13.0. The van der Waals surface area contributed by atoms with Crippen molar-refractivity contribution >= 4 is 28.4 Å². The molecule has 24 heavy (non-hydrogen) atoms. The Morgan fingerprint density at radius 2 is 2.17 bits per heavy atom. The van der Waals surface area contributed by atoms with Gasteiger partial charge in [-0.25, -0.2) is 0 Å². The zero-order valence-electron chi connectivity index (χ0n) is 12.3. The molecule has 3 aromatic rings. The Morgan fingerprint density at radius 1 is 1.42 bits per heavy atom. The monoisotopic (exact) mass is 357 g/mol. The lowest BCUT2D eigenvalue weighted by molar-refractivity contribution is -0.141. The second-order valence-electron chi connectivity index (χ2n) is 5.11. The van der Waals surface area contributed by atoms with Gasteiger partial charge in [0.05, 0.1) is 23.3 Å². The van der Waals surface area contributed by atoms with Crippen LogP contribution in [-0.2, 0) is 19.8 Å². The third kappa shape index (κ3) is 3.07. The third-order valence-corrected chi connectivity index (χ3v) is 3.60. The molecular formula is C14H11ClF3N5O. The smallest absolute Gasteiger partial charge is 0.346 e. The highest BCUT2D eigenvalue weighted by Crippen LogP contribution is 2.30. The molecule has 2 aromatic heterocycles. The highest BCUT2D eigenvalue weighted by atomic mass is 35.5. The van der Waals surface area contributed by atoms with Crippen LogP contribution in [0.3, 0.4) is 0 Å². The van der Waals surface area contributed by atoms with E-state index in [1.54, 1.807) is 18.2 Å². The Bertz CT molecular complexity index is 915. The van der Waals surface area contributed by atoms with Crippen molar-refractivity contribution in [3.05, 3.63) is 46.4 Å². The summed E-state index contributed by atoms with van der Waals surface area (Å²) < 4.78 is 39.6. The average molecular weight is 358 g/mol. The van der Waals surface area contributed by atoms with Crippen LogP contribution in [0.5, 0.6) is 0 Å². The van der Waals surface area contributed by atoms with Crippen LogP contribution in [0.15, 0.2) is 24.4 Å². The van der Waals surface area contributed by atoms with Gasteiger partial charge in [-0.05, 0) is 18.2 Å². The molecule has 0 aliphatic heterocycles. The van der Waals surface area contributed by atoms with Gasteiger partial charge in [0, 0.05) is 23.7 Å². The summed E-state index contributed by atoms with van der Waals surface area (Å²) in [5, 5.41) is 13.7. The molecule has 0 radical (unpaired) electrons. The number of H-pyrrole nitrogens is 1. The normalized spacial score (nSPS) is 11.9. The highest BCUT2D eigenvalue weighted by molar-refractivity contribution is 6.31. The minimum atomic E-state index is -4.71. The summed E-state index contributed by atoms with van der Waals surface area (Å²) in [6.45, 7) is -0.0502. The number of hydrogen-bond acceptors (Lipinski definition) is 3. The zero-order chi connectivity index (χ0) is 17.5. The van der Waals surface area contributed by atoms with E-state index in [4.69, 9.17) is 11.6 Å². The van der Waals surface area contributed by atoms with Crippen LogP contribution >= 0.6 is 11.6 Å². The molecule has 0 aliphatic rings. The van der Waals surface area contributed by atoms with Gasteiger partial charge in [-0.1, -0.05) is 11.6 Å². The van der Waals surface area contributed by atoms with Gasteiger partial charge in [-0.2, -0.15) is 23.4 Å².